The molecule has 1 atom stereocenters. The summed E-state index contributed by atoms with van der Waals surface area (Å²) in [7, 11) is 0. The maximum atomic E-state index is 12.3. The Bertz CT molecular complexity index is 942. The molecule has 2 amide bonds. The summed E-state index contributed by atoms with van der Waals surface area (Å²) in [4.78, 5) is 42.7. The normalized spacial score (nSPS) is 17.7. The van der Waals surface area contributed by atoms with E-state index in [-0.39, 0.29) is 18.5 Å². The van der Waals surface area contributed by atoms with E-state index in [0.717, 1.165) is 29.9 Å². The molecule has 0 aromatic heterocycles. The minimum Gasteiger partial charge on any atom is -0.460 e. The maximum absolute atomic E-state index is 12.3. The van der Waals surface area contributed by atoms with Crippen LogP contribution in [0.3, 0.4) is 0 Å². The van der Waals surface area contributed by atoms with Gasteiger partial charge in [-0.3, -0.25) is 14.5 Å². The van der Waals surface area contributed by atoms with Crippen LogP contribution in [0.1, 0.15) is 65.5 Å². The van der Waals surface area contributed by atoms with Crippen molar-refractivity contribution in [3.8, 4) is 0 Å². The average molecular weight is 489 g/mol. The largest absolute Gasteiger partial charge is 0.460 e. The number of primary amides is 1. The fourth-order valence-electron chi connectivity index (χ4n) is 4.45. The zero-order valence-corrected chi connectivity index (χ0v) is 21.9. The molecule has 2 N–H and O–H groups in total. The number of piperazine rings is 1. The van der Waals surface area contributed by atoms with Crippen LogP contribution in [0.4, 0.5) is 10.5 Å². The quantitative estimate of drug-likeness (QED) is 0.614. The van der Waals surface area contributed by atoms with E-state index in [9.17, 15) is 14.4 Å². The molecular formula is C26H40N4O5. The number of hydrogen-bond acceptors (Lipinski definition) is 7. The Balaban J connectivity index is 1.58. The molecule has 0 bridgehead atoms. The Kier molecular flexibility index (Phi) is 7.99. The van der Waals surface area contributed by atoms with Crippen LogP contribution in [0.5, 0.6) is 0 Å². The van der Waals surface area contributed by atoms with Crippen molar-refractivity contribution in [2.75, 3.05) is 31.1 Å². The molecule has 3 rings (SSSR count). The first kappa shape index (κ1) is 26.8. The molecule has 1 saturated heterocycles. The van der Waals surface area contributed by atoms with Gasteiger partial charge in [-0.15, -0.1) is 0 Å². The first-order valence-corrected chi connectivity index (χ1v) is 12.3. The van der Waals surface area contributed by atoms with Crippen LogP contribution in [0.25, 0.3) is 0 Å². The van der Waals surface area contributed by atoms with Gasteiger partial charge in [0.25, 0.3) is 0 Å². The standard InChI is InChI=1S/C26H40N4O5/c1-25(2,3)34-22(31)10-9-21(23(27)32)30-16-18-7-8-20(15-19(18)17-30)28-11-13-29(14-12-28)24(33)35-26(4,5)6/h7-8,15,21H,9-14,16-17H2,1-6H3,(H2,27,32)/t21-/m0/s1. The number of benzene rings is 1. The minimum absolute atomic E-state index is 0.144. The summed E-state index contributed by atoms with van der Waals surface area (Å²) in [5.41, 5.74) is 8.05. The summed E-state index contributed by atoms with van der Waals surface area (Å²) in [6.45, 7) is 14.9. The predicted molar refractivity (Wildman–Crippen MR) is 134 cm³/mol. The van der Waals surface area contributed by atoms with E-state index in [1.807, 2.05) is 46.4 Å². The molecular weight excluding hydrogens is 448 g/mol. The predicted octanol–water partition coefficient (Wildman–Crippen LogP) is 3.04. The van der Waals surface area contributed by atoms with Crippen LogP contribution in [-0.2, 0) is 32.2 Å². The van der Waals surface area contributed by atoms with Crippen molar-refractivity contribution in [2.24, 2.45) is 5.73 Å². The number of esters is 1. The SMILES string of the molecule is CC(C)(C)OC(=O)CC[C@@H](C(N)=O)N1Cc2ccc(N3CCN(C(=O)OC(C)(C)C)CC3)cc2C1. The van der Waals surface area contributed by atoms with Gasteiger partial charge in [-0.05, 0) is 71.2 Å². The van der Waals surface area contributed by atoms with Crippen molar-refractivity contribution in [2.45, 2.75) is 84.7 Å². The third kappa shape index (κ3) is 7.59. The third-order valence-electron chi connectivity index (χ3n) is 6.04. The van der Waals surface area contributed by atoms with Gasteiger partial charge in [0.2, 0.25) is 5.91 Å². The van der Waals surface area contributed by atoms with Crippen molar-refractivity contribution in [3.63, 3.8) is 0 Å². The lowest BCUT2D eigenvalue weighted by molar-refractivity contribution is -0.155. The van der Waals surface area contributed by atoms with E-state index in [1.54, 1.807) is 4.90 Å². The van der Waals surface area contributed by atoms with Crippen LogP contribution < -0.4 is 10.6 Å². The molecule has 0 radical (unpaired) electrons. The van der Waals surface area contributed by atoms with Gasteiger partial charge in [-0.2, -0.15) is 0 Å². The average Bonchev–Trinajstić information content (AvgIpc) is 3.14. The molecule has 0 aliphatic carbocycles. The highest BCUT2D eigenvalue weighted by Gasteiger charge is 2.31. The van der Waals surface area contributed by atoms with Crippen molar-refractivity contribution in [3.05, 3.63) is 29.3 Å². The van der Waals surface area contributed by atoms with E-state index < -0.39 is 23.2 Å². The van der Waals surface area contributed by atoms with Crippen molar-refractivity contribution in [1.82, 2.24) is 9.80 Å². The third-order valence-corrected chi connectivity index (χ3v) is 6.04. The number of anilines is 1. The number of carbonyl (C=O) groups is 3. The maximum Gasteiger partial charge on any atom is 0.410 e. The van der Waals surface area contributed by atoms with Crippen LogP contribution >= 0.6 is 0 Å². The number of carbonyl (C=O) groups excluding carboxylic acids is 3. The number of fused-ring (bicyclic) bond motifs is 1. The summed E-state index contributed by atoms with van der Waals surface area (Å²) in [5.74, 6) is -0.756. The Morgan fingerprint density at radius 2 is 1.51 bits per heavy atom. The molecule has 1 aromatic carbocycles. The highest BCUT2D eigenvalue weighted by Crippen LogP contribution is 2.30. The molecule has 2 aliphatic rings. The van der Waals surface area contributed by atoms with Gasteiger partial charge >= 0.3 is 12.1 Å². The Labute approximate surface area is 208 Å². The van der Waals surface area contributed by atoms with E-state index in [1.165, 1.54) is 0 Å². The fraction of sp³-hybridized carbons (Fsp3) is 0.654. The molecule has 1 fully saturated rings. The highest BCUT2D eigenvalue weighted by molar-refractivity contribution is 5.81. The molecule has 0 unspecified atom stereocenters. The van der Waals surface area contributed by atoms with E-state index >= 15 is 0 Å². The molecule has 0 saturated carbocycles. The van der Waals surface area contributed by atoms with Gasteiger partial charge in [0, 0.05) is 51.4 Å². The van der Waals surface area contributed by atoms with Gasteiger partial charge in [-0.1, -0.05) is 6.07 Å². The van der Waals surface area contributed by atoms with E-state index in [4.69, 9.17) is 15.2 Å². The van der Waals surface area contributed by atoms with Gasteiger partial charge in [0.15, 0.2) is 0 Å². The number of nitrogens with zero attached hydrogens (tertiary/aromatic N) is 3. The first-order chi connectivity index (χ1) is 16.2. The van der Waals surface area contributed by atoms with Gasteiger partial charge < -0.3 is 25.0 Å². The lowest BCUT2D eigenvalue weighted by atomic mass is 10.1. The van der Waals surface area contributed by atoms with Crippen molar-refractivity contribution < 1.29 is 23.9 Å². The summed E-state index contributed by atoms with van der Waals surface area (Å²) in [6.07, 6.45) is 0.202. The fourth-order valence-corrected chi connectivity index (χ4v) is 4.45. The molecule has 0 spiro atoms. The second-order valence-electron chi connectivity index (χ2n) is 11.4. The zero-order chi connectivity index (χ0) is 26.0. The zero-order valence-electron chi connectivity index (χ0n) is 21.9. The molecule has 9 heteroatoms. The monoisotopic (exact) mass is 488 g/mol. The molecule has 1 aromatic rings. The second kappa shape index (κ2) is 10.4. The van der Waals surface area contributed by atoms with Crippen LogP contribution in [0.2, 0.25) is 0 Å². The van der Waals surface area contributed by atoms with Crippen LogP contribution in [0, 0.1) is 0 Å². The minimum atomic E-state index is -0.558. The molecule has 35 heavy (non-hydrogen) atoms. The Morgan fingerprint density at radius 3 is 2.09 bits per heavy atom. The lowest BCUT2D eigenvalue weighted by Gasteiger charge is -2.37. The Morgan fingerprint density at radius 1 is 0.914 bits per heavy atom. The molecule has 2 heterocycles. The smallest absolute Gasteiger partial charge is 0.410 e. The topological polar surface area (TPSA) is 105 Å². The summed E-state index contributed by atoms with van der Waals surface area (Å²) >= 11 is 0. The van der Waals surface area contributed by atoms with Crippen LogP contribution in [-0.4, -0.2) is 71.2 Å². The number of hydrogen-bond donors (Lipinski definition) is 1. The highest BCUT2D eigenvalue weighted by atomic mass is 16.6. The second-order valence-corrected chi connectivity index (χ2v) is 11.4. The van der Waals surface area contributed by atoms with Crippen LogP contribution in [0.15, 0.2) is 18.2 Å². The summed E-state index contributed by atoms with van der Waals surface area (Å²) in [5, 5.41) is 0. The lowest BCUT2D eigenvalue weighted by Crippen LogP contribution is -2.50. The van der Waals surface area contributed by atoms with Gasteiger partial charge in [0.05, 0.1) is 6.04 Å². The van der Waals surface area contributed by atoms with Crippen molar-refractivity contribution in [1.29, 1.82) is 0 Å². The van der Waals surface area contributed by atoms with Gasteiger partial charge in [0.1, 0.15) is 11.2 Å². The molecule has 2 aliphatic heterocycles. The van der Waals surface area contributed by atoms with Crippen molar-refractivity contribution >= 4 is 23.7 Å². The van der Waals surface area contributed by atoms with E-state index in [0.29, 0.717) is 32.6 Å². The summed E-state index contributed by atoms with van der Waals surface area (Å²) in [6, 6.07) is 5.81. The van der Waals surface area contributed by atoms with E-state index in [2.05, 4.69) is 23.1 Å². The first-order valence-electron chi connectivity index (χ1n) is 12.3. The number of nitrogens with two attached hydrogens (primary N) is 1. The Hall–Kier alpha value is -2.81. The van der Waals surface area contributed by atoms with Gasteiger partial charge in [-0.25, -0.2) is 4.79 Å². The molecule has 194 valence electrons. The molecule has 9 nitrogen and oxygen atoms in total. The number of amides is 2. The number of ether oxygens (including phenoxy) is 2. The summed E-state index contributed by atoms with van der Waals surface area (Å²) < 4.78 is 10.9. The number of rotatable bonds is 6.